The average molecular weight is 226 g/mol. The predicted octanol–water partition coefficient (Wildman–Crippen LogP) is 2.74. The second-order valence-electron chi connectivity index (χ2n) is 4.25. The Kier molecular flexibility index (Phi) is 3.89. The summed E-state index contributed by atoms with van der Waals surface area (Å²) in [6.45, 7) is 10.5. The predicted molar refractivity (Wildman–Crippen MR) is 71.7 cm³/mol. The fraction of sp³-hybridized carbons (Fsp3) is 0.267. The molecule has 2 heteroatoms. The summed E-state index contributed by atoms with van der Waals surface area (Å²) >= 11 is 0. The normalized spacial score (nSPS) is 16.4. The van der Waals surface area contributed by atoms with Crippen LogP contribution >= 0.6 is 0 Å². The molecule has 0 amide bonds. The van der Waals surface area contributed by atoms with Crippen molar-refractivity contribution in [2.24, 2.45) is 0 Å². The fourth-order valence-electron chi connectivity index (χ4n) is 2.15. The van der Waals surface area contributed by atoms with Crippen molar-refractivity contribution in [2.75, 3.05) is 13.1 Å². The van der Waals surface area contributed by atoms with Crippen LogP contribution in [0.3, 0.4) is 0 Å². The molecule has 88 valence electrons. The summed E-state index contributed by atoms with van der Waals surface area (Å²) in [7, 11) is 0. The Morgan fingerprint density at radius 2 is 2.35 bits per heavy atom. The van der Waals surface area contributed by atoms with Crippen molar-refractivity contribution in [3.8, 4) is 0 Å². The smallest absolute Gasteiger partial charge is 0.0461 e. The lowest BCUT2D eigenvalue weighted by molar-refractivity contribution is 0.275. The van der Waals surface area contributed by atoms with E-state index in [1.165, 1.54) is 16.8 Å². The highest BCUT2D eigenvalue weighted by Crippen LogP contribution is 2.17. The van der Waals surface area contributed by atoms with E-state index in [1.54, 1.807) is 0 Å². The molecule has 0 saturated heterocycles. The van der Waals surface area contributed by atoms with Gasteiger partial charge in [-0.25, -0.2) is 0 Å². The Balaban J connectivity index is 2.05. The van der Waals surface area contributed by atoms with E-state index >= 15 is 0 Å². The zero-order valence-corrected chi connectivity index (χ0v) is 10.1. The van der Waals surface area contributed by atoms with E-state index in [-0.39, 0.29) is 0 Å². The van der Waals surface area contributed by atoms with Gasteiger partial charge in [-0.15, -0.1) is 0 Å². The average Bonchev–Trinajstić information content (AvgIpc) is 2.38. The van der Waals surface area contributed by atoms with E-state index in [2.05, 4.69) is 29.1 Å². The maximum absolute atomic E-state index is 4.41. The molecule has 2 heterocycles. The van der Waals surface area contributed by atoms with Crippen LogP contribution in [0.4, 0.5) is 0 Å². The van der Waals surface area contributed by atoms with Crippen molar-refractivity contribution < 1.29 is 0 Å². The second kappa shape index (κ2) is 5.60. The number of fused-ring (bicyclic) bond motifs is 1. The third kappa shape index (κ3) is 2.92. The van der Waals surface area contributed by atoms with Crippen LogP contribution in [0.2, 0.25) is 0 Å². The first-order valence-corrected chi connectivity index (χ1v) is 5.92. The summed E-state index contributed by atoms with van der Waals surface area (Å²) in [6, 6.07) is 4.18. The van der Waals surface area contributed by atoms with Crippen LogP contribution < -0.4 is 0 Å². The van der Waals surface area contributed by atoms with Crippen LogP contribution in [0, 0.1) is 0 Å². The first kappa shape index (κ1) is 11.8. The van der Waals surface area contributed by atoms with Gasteiger partial charge in [0.2, 0.25) is 0 Å². The van der Waals surface area contributed by atoms with Gasteiger partial charge in [-0.3, -0.25) is 9.88 Å². The molecule has 0 aromatic carbocycles. The van der Waals surface area contributed by atoms with E-state index in [0.29, 0.717) is 0 Å². The number of pyridine rings is 1. The summed E-state index contributed by atoms with van der Waals surface area (Å²) in [5, 5.41) is 0. The van der Waals surface area contributed by atoms with Crippen LogP contribution in [0.25, 0.3) is 0 Å². The highest BCUT2D eigenvalue weighted by Gasteiger charge is 2.16. The van der Waals surface area contributed by atoms with Gasteiger partial charge in [0.15, 0.2) is 0 Å². The Hall–Kier alpha value is -1.67. The lowest BCUT2D eigenvalue weighted by Gasteiger charge is -2.28. The summed E-state index contributed by atoms with van der Waals surface area (Å²) in [6.07, 6.45) is 8.65. The van der Waals surface area contributed by atoms with Crippen molar-refractivity contribution in [1.82, 2.24) is 9.88 Å². The molecule has 1 aromatic rings. The van der Waals surface area contributed by atoms with E-state index in [0.717, 1.165) is 26.1 Å². The van der Waals surface area contributed by atoms with Crippen molar-refractivity contribution >= 4 is 0 Å². The molecule has 0 fully saturated rings. The van der Waals surface area contributed by atoms with Crippen LogP contribution in [0.5, 0.6) is 0 Å². The molecule has 1 aliphatic rings. The topological polar surface area (TPSA) is 16.1 Å². The molecule has 17 heavy (non-hydrogen) atoms. The van der Waals surface area contributed by atoms with E-state index in [1.807, 2.05) is 30.5 Å². The molecule has 0 atom stereocenters. The molecule has 0 aliphatic carbocycles. The van der Waals surface area contributed by atoms with Crippen molar-refractivity contribution in [3.63, 3.8) is 0 Å². The van der Waals surface area contributed by atoms with E-state index in [4.69, 9.17) is 0 Å². The van der Waals surface area contributed by atoms with Gasteiger partial charge >= 0.3 is 0 Å². The van der Waals surface area contributed by atoms with Crippen LogP contribution in [0.1, 0.15) is 11.3 Å². The molecule has 0 bridgehead atoms. The maximum atomic E-state index is 4.41. The Labute approximate surface area is 103 Å². The number of rotatable bonds is 4. The van der Waals surface area contributed by atoms with Gasteiger partial charge < -0.3 is 0 Å². The van der Waals surface area contributed by atoms with Crippen LogP contribution in [-0.2, 0) is 13.0 Å². The third-order valence-corrected chi connectivity index (χ3v) is 3.04. The van der Waals surface area contributed by atoms with Crippen molar-refractivity contribution in [1.29, 1.82) is 0 Å². The second-order valence-corrected chi connectivity index (χ2v) is 4.25. The minimum absolute atomic E-state index is 0.934. The van der Waals surface area contributed by atoms with E-state index < -0.39 is 0 Å². The van der Waals surface area contributed by atoms with Gasteiger partial charge in [0, 0.05) is 37.9 Å². The lowest BCUT2D eigenvalue weighted by atomic mass is 10.0. The molecule has 2 rings (SSSR count). The molecule has 0 spiro atoms. The summed E-state index contributed by atoms with van der Waals surface area (Å²) in [4.78, 5) is 6.83. The van der Waals surface area contributed by atoms with Gasteiger partial charge in [0.25, 0.3) is 0 Å². The lowest BCUT2D eigenvalue weighted by Crippen LogP contribution is -2.32. The molecule has 0 N–H and O–H groups in total. The molecule has 2 nitrogen and oxygen atoms in total. The van der Waals surface area contributed by atoms with Crippen molar-refractivity contribution in [2.45, 2.75) is 13.0 Å². The number of aromatic nitrogens is 1. The molecule has 0 saturated carbocycles. The molecule has 0 radical (unpaired) electrons. The largest absolute Gasteiger partial charge is 0.294 e. The summed E-state index contributed by atoms with van der Waals surface area (Å²) < 4.78 is 0. The number of nitrogens with zero attached hydrogens (tertiary/aromatic N) is 2. The van der Waals surface area contributed by atoms with Crippen LogP contribution in [0.15, 0.2) is 55.3 Å². The minimum Gasteiger partial charge on any atom is -0.294 e. The number of allylic oxidation sites excluding steroid dienone is 2. The van der Waals surface area contributed by atoms with Gasteiger partial charge in [0.05, 0.1) is 0 Å². The number of hydrogen-bond donors (Lipinski definition) is 0. The van der Waals surface area contributed by atoms with Crippen LogP contribution in [-0.4, -0.2) is 23.0 Å². The molecule has 0 unspecified atom stereocenters. The SMILES string of the molecule is C=C/C=C(\C=C)CN1CCc2ncccc2C1. The zero-order chi connectivity index (χ0) is 12.1. The maximum Gasteiger partial charge on any atom is 0.0461 e. The third-order valence-electron chi connectivity index (χ3n) is 3.04. The van der Waals surface area contributed by atoms with Gasteiger partial charge in [-0.1, -0.05) is 37.5 Å². The zero-order valence-electron chi connectivity index (χ0n) is 10.1. The monoisotopic (exact) mass is 226 g/mol. The molecular formula is C15H18N2. The quantitative estimate of drug-likeness (QED) is 0.734. The molecule has 1 aromatic heterocycles. The van der Waals surface area contributed by atoms with Gasteiger partial charge in [-0.2, -0.15) is 0 Å². The Morgan fingerprint density at radius 3 is 3.12 bits per heavy atom. The van der Waals surface area contributed by atoms with Gasteiger partial charge in [0.1, 0.15) is 0 Å². The molecular weight excluding hydrogens is 208 g/mol. The standard InChI is InChI=1S/C15H18N2/c1-3-6-13(4-2)11-17-10-8-15-14(12-17)7-5-9-16-15/h3-7,9H,1-2,8,10-12H2/b13-6+. The number of hydrogen-bond acceptors (Lipinski definition) is 2. The summed E-state index contributed by atoms with van der Waals surface area (Å²) in [5.74, 6) is 0. The first-order chi connectivity index (χ1) is 8.33. The Morgan fingerprint density at radius 1 is 1.47 bits per heavy atom. The first-order valence-electron chi connectivity index (χ1n) is 5.92. The minimum atomic E-state index is 0.934. The summed E-state index contributed by atoms with van der Waals surface area (Å²) in [5.41, 5.74) is 3.81. The highest BCUT2D eigenvalue weighted by atomic mass is 15.1. The van der Waals surface area contributed by atoms with Gasteiger partial charge in [-0.05, 0) is 17.2 Å². The van der Waals surface area contributed by atoms with Crippen molar-refractivity contribution in [3.05, 3.63) is 66.5 Å². The Bertz CT molecular complexity index is 446. The van der Waals surface area contributed by atoms with E-state index in [9.17, 15) is 0 Å². The molecule has 1 aliphatic heterocycles. The highest BCUT2D eigenvalue weighted by molar-refractivity contribution is 5.26. The fourth-order valence-corrected chi connectivity index (χ4v) is 2.15.